The number of anilines is 1. The molecular formula is C15H21N3O3. The van der Waals surface area contributed by atoms with Gasteiger partial charge in [0, 0.05) is 30.4 Å². The molecule has 0 atom stereocenters. The van der Waals surface area contributed by atoms with Crippen molar-refractivity contribution in [3.63, 3.8) is 0 Å². The molecule has 0 bridgehead atoms. The molecule has 114 valence electrons. The molecule has 0 radical (unpaired) electrons. The van der Waals surface area contributed by atoms with Crippen LogP contribution < -0.4 is 16.0 Å². The molecule has 0 unspecified atom stereocenters. The maximum Gasteiger partial charge on any atom is 0.319 e. The lowest BCUT2D eigenvalue weighted by molar-refractivity contribution is 0.0951. The lowest BCUT2D eigenvalue weighted by atomic mass is 10.1. The number of carbonyl (C=O) groups excluding carboxylic acids is 2. The molecule has 3 amide bonds. The third-order valence-electron chi connectivity index (χ3n) is 3.28. The topological polar surface area (TPSA) is 90.5 Å². The smallest absolute Gasteiger partial charge is 0.319 e. The summed E-state index contributed by atoms with van der Waals surface area (Å²) in [7, 11) is 0. The first-order valence-electron chi connectivity index (χ1n) is 7.17. The van der Waals surface area contributed by atoms with Gasteiger partial charge in [-0.15, -0.1) is 0 Å². The van der Waals surface area contributed by atoms with Crippen molar-refractivity contribution in [2.24, 2.45) is 0 Å². The SMILES string of the molecule is Cc1ccc(C(=O)NC2CC2)cc1NC(=O)NCCCO. The van der Waals surface area contributed by atoms with E-state index >= 15 is 0 Å². The van der Waals surface area contributed by atoms with Crippen LogP contribution in [0.4, 0.5) is 10.5 Å². The van der Waals surface area contributed by atoms with Crippen LogP contribution in [0.2, 0.25) is 0 Å². The van der Waals surface area contributed by atoms with Gasteiger partial charge in [0.05, 0.1) is 0 Å². The van der Waals surface area contributed by atoms with Crippen LogP contribution in [0.15, 0.2) is 18.2 Å². The van der Waals surface area contributed by atoms with Crippen molar-refractivity contribution in [3.05, 3.63) is 29.3 Å². The summed E-state index contributed by atoms with van der Waals surface area (Å²) in [5, 5.41) is 16.9. The molecule has 1 fully saturated rings. The quantitative estimate of drug-likeness (QED) is 0.597. The molecule has 4 N–H and O–H groups in total. The average Bonchev–Trinajstić information content (AvgIpc) is 3.25. The van der Waals surface area contributed by atoms with Crippen LogP contribution in [0.1, 0.15) is 35.2 Å². The Morgan fingerprint density at radius 2 is 2.10 bits per heavy atom. The highest BCUT2D eigenvalue weighted by Crippen LogP contribution is 2.21. The van der Waals surface area contributed by atoms with Gasteiger partial charge in [0.2, 0.25) is 0 Å². The third-order valence-corrected chi connectivity index (χ3v) is 3.28. The van der Waals surface area contributed by atoms with E-state index in [1.54, 1.807) is 12.1 Å². The normalized spacial score (nSPS) is 13.6. The van der Waals surface area contributed by atoms with Gasteiger partial charge < -0.3 is 21.1 Å². The molecular weight excluding hydrogens is 270 g/mol. The number of hydrogen-bond acceptors (Lipinski definition) is 3. The fourth-order valence-electron chi connectivity index (χ4n) is 1.84. The lowest BCUT2D eigenvalue weighted by Gasteiger charge is -2.11. The first kappa shape index (κ1) is 15.3. The second kappa shape index (κ2) is 7.08. The molecule has 1 aliphatic rings. The molecule has 21 heavy (non-hydrogen) atoms. The fraction of sp³-hybridized carbons (Fsp3) is 0.467. The lowest BCUT2D eigenvalue weighted by Crippen LogP contribution is -2.30. The molecule has 1 aliphatic carbocycles. The maximum atomic E-state index is 12.0. The van der Waals surface area contributed by atoms with Crippen molar-refractivity contribution in [1.82, 2.24) is 10.6 Å². The number of aliphatic hydroxyl groups is 1. The number of hydrogen-bond donors (Lipinski definition) is 4. The molecule has 0 heterocycles. The van der Waals surface area contributed by atoms with E-state index in [2.05, 4.69) is 16.0 Å². The van der Waals surface area contributed by atoms with E-state index in [1.807, 2.05) is 13.0 Å². The first-order valence-corrected chi connectivity index (χ1v) is 7.17. The van der Waals surface area contributed by atoms with Crippen LogP contribution in [0, 0.1) is 6.92 Å². The van der Waals surface area contributed by atoms with Gasteiger partial charge in [-0.2, -0.15) is 0 Å². The van der Waals surface area contributed by atoms with Crippen LogP contribution in [-0.4, -0.2) is 36.2 Å². The number of carbonyl (C=O) groups is 2. The minimum atomic E-state index is -0.341. The number of benzene rings is 1. The zero-order valence-corrected chi connectivity index (χ0v) is 12.1. The van der Waals surface area contributed by atoms with Gasteiger partial charge in [0.25, 0.3) is 5.91 Å². The molecule has 1 aromatic rings. The Morgan fingerprint density at radius 1 is 1.33 bits per heavy atom. The maximum absolute atomic E-state index is 12.0. The molecule has 2 rings (SSSR count). The molecule has 6 nitrogen and oxygen atoms in total. The number of nitrogens with one attached hydrogen (secondary N) is 3. The molecule has 0 spiro atoms. The van der Waals surface area contributed by atoms with Gasteiger partial charge in [-0.1, -0.05) is 6.07 Å². The van der Waals surface area contributed by atoms with Crippen molar-refractivity contribution in [3.8, 4) is 0 Å². The summed E-state index contributed by atoms with van der Waals surface area (Å²) in [6.45, 7) is 2.31. The number of amides is 3. The monoisotopic (exact) mass is 291 g/mol. The number of urea groups is 1. The van der Waals surface area contributed by atoms with E-state index in [-0.39, 0.29) is 18.5 Å². The fourth-order valence-corrected chi connectivity index (χ4v) is 1.84. The summed E-state index contributed by atoms with van der Waals surface area (Å²) in [5.41, 5.74) is 2.04. The highest BCUT2D eigenvalue weighted by atomic mass is 16.3. The summed E-state index contributed by atoms with van der Waals surface area (Å²) >= 11 is 0. The Hall–Kier alpha value is -2.08. The van der Waals surface area contributed by atoms with Crippen LogP contribution in [0.3, 0.4) is 0 Å². The van der Waals surface area contributed by atoms with Crippen molar-refractivity contribution in [2.45, 2.75) is 32.2 Å². The van der Waals surface area contributed by atoms with Crippen LogP contribution in [0.5, 0.6) is 0 Å². The summed E-state index contributed by atoms with van der Waals surface area (Å²) in [6, 6.07) is 5.20. The van der Waals surface area contributed by atoms with Crippen LogP contribution in [0.25, 0.3) is 0 Å². The molecule has 6 heteroatoms. The van der Waals surface area contributed by atoms with Gasteiger partial charge in [-0.05, 0) is 43.9 Å². The van der Waals surface area contributed by atoms with Crippen molar-refractivity contribution < 1.29 is 14.7 Å². The van der Waals surface area contributed by atoms with Crippen molar-refractivity contribution in [2.75, 3.05) is 18.5 Å². The van der Waals surface area contributed by atoms with Crippen LogP contribution in [-0.2, 0) is 0 Å². The molecule has 1 saturated carbocycles. The number of aryl methyl sites for hydroxylation is 1. The Balaban J connectivity index is 1.97. The Labute approximate surface area is 123 Å². The van der Waals surface area contributed by atoms with Gasteiger partial charge >= 0.3 is 6.03 Å². The molecule has 0 aliphatic heterocycles. The zero-order chi connectivity index (χ0) is 15.2. The van der Waals surface area contributed by atoms with E-state index in [1.165, 1.54) is 0 Å². The van der Waals surface area contributed by atoms with Crippen molar-refractivity contribution >= 4 is 17.6 Å². The Morgan fingerprint density at radius 3 is 2.76 bits per heavy atom. The molecule has 1 aromatic carbocycles. The minimum Gasteiger partial charge on any atom is -0.396 e. The predicted octanol–water partition coefficient (Wildman–Crippen LogP) is 1.39. The third kappa shape index (κ3) is 4.75. The minimum absolute atomic E-state index is 0.0378. The largest absolute Gasteiger partial charge is 0.396 e. The van der Waals surface area contributed by atoms with E-state index in [0.717, 1.165) is 18.4 Å². The molecule has 0 aromatic heterocycles. The summed E-state index contributed by atoms with van der Waals surface area (Å²) in [6.07, 6.45) is 2.59. The summed E-state index contributed by atoms with van der Waals surface area (Å²) in [4.78, 5) is 23.7. The van der Waals surface area contributed by atoms with E-state index in [4.69, 9.17) is 5.11 Å². The molecule has 0 saturated heterocycles. The van der Waals surface area contributed by atoms with Crippen molar-refractivity contribution in [1.29, 1.82) is 0 Å². The standard InChI is InChI=1S/C15H21N3O3/c1-10-3-4-11(14(20)17-12-5-6-12)9-13(10)18-15(21)16-7-2-8-19/h3-4,9,12,19H,2,5-8H2,1H3,(H,17,20)(H2,16,18,21). The van der Waals surface area contributed by atoms with Gasteiger partial charge in [0.1, 0.15) is 0 Å². The predicted molar refractivity (Wildman–Crippen MR) is 80.4 cm³/mol. The first-order chi connectivity index (χ1) is 10.1. The van der Waals surface area contributed by atoms with E-state index < -0.39 is 0 Å². The Bertz CT molecular complexity index is 527. The second-order valence-corrected chi connectivity index (χ2v) is 5.24. The average molecular weight is 291 g/mol. The van der Waals surface area contributed by atoms with Gasteiger partial charge in [-0.25, -0.2) is 4.79 Å². The summed E-state index contributed by atoms with van der Waals surface area (Å²) < 4.78 is 0. The number of rotatable bonds is 6. The van der Waals surface area contributed by atoms with Gasteiger partial charge in [-0.3, -0.25) is 4.79 Å². The summed E-state index contributed by atoms with van der Waals surface area (Å²) in [5.74, 6) is -0.110. The number of aliphatic hydroxyl groups excluding tert-OH is 1. The van der Waals surface area contributed by atoms with Crippen LogP contribution >= 0.6 is 0 Å². The van der Waals surface area contributed by atoms with Gasteiger partial charge in [0.15, 0.2) is 0 Å². The van der Waals surface area contributed by atoms with E-state index in [9.17, 15) is 9.59 Å². The zero-order valence-electron chi connectivity index (χ0n) is 12.1. The van der Waals surface area contributed by atoms with E-state index in [0.29, 0.717) is 30.3 Å². The highest BCUT2D eigenvalue weighted by Gasteiger charge is 2.24. The highest BCUT2D eigenvalue weighted by molar-refractivity contribution is 5.97. The Kier molecular flexibility index (Phi) is 5.16. The second-order valence-electron chi connectivity index (χ2n) is 5.24.